The molecule has 1 saturated heterocycles. The molecule has 1 aliphatic heterocycles. The second kappa shape index (κ2) is 5.07. The Bertz CT molecular complexity index is 689. The molecule has 3 heterocycles. The monoisotopic (exact) mass is 323 g/mol. The third-order valence-corrected chi connectivity index (χ3v) is 6.21. The molecular formula is C15H18ClN3OS. The van der Waals surface area contributed by atoms with Gasteiger partial charge in [0.2, 0.25) is 5.28 Å². The SMILES string of the molecule is CCc1cc2c(N3CC4CCC(O)C4C3)nc(Cl)nc2s1. The highest BCUT2D eigenvalue weighted by Crippen LogP contribution is 2.41. The summed E-state index contributed by atoms with van der Waals surface area (Å²) in [6.07, 6.45) is 2.92. The Balaban J connectivity index is 1.75. The molecule has 2 aliphatic rings. The van der Waals surface area contributed by atoms with Crippen molar-refractivity contribution in [3.8, 4) is 0 Å². The fourth-order valence-electron chi connectivity index (χ4n) is 3.76. The molecule has 112 valence electrons. The van der Waals surface area contributed by atoms with Gasteiger partial charge in [0.25, 0.3) is 0 Å². The lowest BCUT2D eigenvalue weighted by Gasteiger charge is -2.20. The molecular weight excluding hydrogens is 306 g/mol. The zero-order valence-electron chi connectivity index (χ0n) is 11.9. The molecule has 6 heteroatoms. The summed E-state index contributed by atoms with van der Waals surface area (Å²) in [5.74, 6) is 1.92. The number of aliphatic hydroxyl groups excluding tert-OH is 1. The van der Waals surface area contributed by atoms with Crippen LogP contribution in [0.2, 0.25) is 5.28 Å². The van der Waals surface area contributed by atoms with Crippen molar-refractivity contribution < 1.29 is 5.11 Å². The molecule has 4 rings (SSSR count). The van der Waals surface area contributed by atoms with Crippen LogP contribution in [0.25, 0.3) is 10.2 Å². The number of fused-ring (bicyclic) bond motifs is 2. The first kappa shape index (κ1) is 13.7. The number of rotatable bonds is 2. The van der Waals surface area contributed by atoms with Gasteiger partial charge in [-0.3, -0.25) is 0 Å². The Morgan fingerprint density at radius 1 is 1.38 bits per heavy atom. The summed E-state index contributed by atoms with van der Waals surface area (Å²) in [5.41, 5.74) is 0. The van der Waals surface area contributed by atoms with Crippen LogP contribution in [0.1, 0.15) is 24.6 Å². The van der Waals surface area contributed by atoms with Gasteiger partial charge in [0, 0.05) is 23.9 Å². The van der Waals surface area contributed by atoms with Crippen LogP contribution in [-0.2, 0) is 6.42 Å². The number of hydrogen-bond acceptors (Lipinski definition) is 5. The van der Waals surface area contributed by atoms with Crippen molar-refractivity contribution in [3.63, 3.8) is 0 Å². The molecule has 3 unspecified atom stereocenters. The predicted octanol–water partition coefficient (Wildman–Crippen LogP) is 3.11. The predicted molar refractivity (Wildman–Crippen MR) is 86.2 cm³/mol. The third-order valence-electron chi connectivity index (χ3n) is 4.86. The zero-order valence-corrected chi connectivity index (χ0v) is 13.5. The molecule has 2 aromatic rings. The molecule has 21 heavy (non-hydrogen) atoms. The van der Waals surface area contributed by atoms with E-state index in [0.717, 1.165) is 48.4 Å². The van der Waals surface area contributed by atoms with Crippen molar-refractivity contribution in [1.29, 1.82) is 0 Å². The Labute approximate surface area is 132 Å². The molecule has 2 fully saturated rings. The van der Waals surface area contributed by atoms with Crippen LogP contribution >= 0.6 is 22.9 Å². The van der Waals surface area contributed by atoms with Gasteiger partial charge in [-0.05, 0) is 42.8 Å². The average Bonchev–Trinajstić information content (AvgIpc) is 3.13. The van der Waals surface area contributed by atoms with E-state index in [0.29, 0.717) is 17.1 Å². The number of thiophene rings is 1. The smallest absolute Gasteiger partial charge is 0.225 e. The Kier molecular flexibility index (Phi) is 3.32. The fourth-order valence-corrected chi connectivity index (χ4v) is 4.93. The molecule has 4 nitrogen and oxygen atoms in total. The summed E-state index contributed by atoms with van der Waals surface area (Å²) in [6.45, 7) is 4.00. The van der Waals surface area contributed by atoms with Crippen LogP contribution in [0.5, 0.6) is 0 Å². The molecule has 0 bridgehead atoms. The van der Waals surface area contributed by atoms with E-state index in [4.69, 9.17) is 11.6 Å². The summed E-state index contributed by atoms with van der Waals surface area (Å²) in [6, 6.07) is 2.19. The zero-order chi connectivity index (χ0) is 14.6. The van der Waals surface area contributed by atoms with E-state index >= 15 is 0 Å². The van der Waals surface area contributed by atoms with Gasteiger partial charge < -0.3 is 10.0 Å². The topological polar surface area (TPSA) is 49.2 Å². The summed E-state index contributed by atoms with van der Waals surface area (Å²) < 4.78 is 0. The maximum Gasteiger partial charge on any atom is 0.225 e. The van der Waals surface area contributed by atoms with Crippen molar-refractivity contribution in [3.05, 3.63) is 16.2 Å². The van der Waals surface area contributed by atoms with E-state index in [1.165, 1.54) is 4.88 Å². The van der Waals surface area contributed by atoms with Crippen LogP contribution in [0.15, 0.2) is 6.07 Å². The minimum Gasteiger partial charge on any atom is -0.393 e. The normalized spacial score (nSPS) is 28.5. The summed E-state index contributed by atoms with van der Waals surface area (Å²) in [7, 11) is 0. The van der Waals surface area contributed by atoms with Gasteiger partial charge in [-0.1, -0.05) is 6.92 Å². The number of aryl methyl sites for hydroxylation is 1. The lowest BCUT2D eigenvalue weighted by molar-refractivity contribution is 0.133. The highest BCUT2D eigenvalue weighted by atomic mass is 35.5. The van der Waals surface area contributed by atoms with Crippen LogP contribution in [0.3, 0.4) is 0 Å². The van der Waals surface area contributed by atoms with E-state index in [1.54, 1.807) is 11.3 Å². The van der Waals surface area contributed by atoms with Gasteiger partial charge >= 0.3 is 0 Å². The van der Waals surface area contributed by atoms with Gasteiger partial charge in [-0.25, -0.2) is 4.98 Å². The maximum absolute atomic E-state index is 10.1. The Morgan fingerprint density at radius 3 is 3.00 bits per heavy atom. The van der Waals surface area contributed by atoms with Crippen LogP contribution in [0.4, 0.5) is 5.82 Å². The summed E-state index contributed by atoms with van der Waals surface area (Å²) in [5, 5.41) is 11.5. The van der Waals surface area contributed by atoms with Crippen molar-refractivity contribution in [2.24, 2.45) is 11.8 Å². The first-order chi connectivity index (χ1) is 10.2. The van der Waals surface area contributed by atoms with Crippen LogP contribution in [-0.4, -0.2) is 34.3 Å². The van der Waals surface area contributed by atoms with Gasteiger partial charge in [0.05, 0.1) is 11.5 Å². The van der Waals surface area contributed by atoms with Gasteiger partial charge in [-0.15, -0.1) is 11.3 Å². The minimum absolute atomic E-state index is 0.151. The largest absolute Gasteiger partial charge is 0.393 e. The van der Waals surface area contributed by atoms with Gasteiger partial charge in [0.1, 0.15) is 10.6 Å². The molecule has 2 aromatic heterocycles. The third kappa shape index (κ3) is 2.22. The van der Waals surface area contributed by atoms with Gasteiger partial charge in [0.15, 0.2) is 0 Å². The Hall–Kier alpha value is -0.910. The highest BCUT2D eigenvalue weighted by Gasteiger charge is 2.42. The minimum atomic E-state index is -0.151. The molecule has 0 aromatic carbocycles. The quantitative estimate of drug-likeness (QED) is 0.863. The number of hydrogen-bond donors (Lipinski definition) is 1. The molecule has 3 atom stereocenters. The highest BCUT2D eigenvalue weighted by molar-refractivity contribution is 7.18. The van der Waals surface area contributed by atoms with Crippen LogP contribution < -0.4 is 4.90 Å². The van der Waals surface area contributed by atoms with E-state index in [-0.39, 0.29) is 6.10 Å². The summed E-state index contributed by atoms with van der Waals surface area (Å²) in [4.78, 5) is 13.4. The van der Waals surface area contributed by atoms with E-state index < -0.39 is 0 Å². The second-order valence-electron chi connectivity index (χ2n) is 6.07. The van der Waals surface area contributed by atoms with Crippen molar-refractivity contribution in [2.75, 3.05) is 18.0 Å². The number of aliphatic hydroxyl groups is 1. The Morgan fingerprint density at radius 2 is 2.24 bits per heavy atom. The molecule has 0 radical (unpaired) electrons. The first-order valence-electron chi connectivity index (χ1n) is 7.54. The standard InChI is InChI=1S/C15H18ClN3OS/c1-2-9-5-10-13(17-15(16)18-14(10)21-9)19-6-8-3-4-12(20)11(8)7-19/h5,8,11-12,20H,2-4,6-7H2,1H3. The average molecular weight is 324 g/mol. The number of aromatic nitrogens is 2. The van der Waals surface area contributed by atoms with Crippen LogP contribution in [0, 0.1) is 11.8 Å². The van der Waals surface area contributed by atoms with E-state index in [2.05, 4.69) is 27.9 Å². The molecule has 1 saturated carbocycles. The lowest BCUT2D eigenvalue weighted by atomic mass is 10.00. The molecule has 1 aliphatic carbocycles. The molecule has 0 amide bonds. The van der Waals surface area contributed by atoms with Crippen molar-refractivity contribution in [2.45, 2.75) is 32.3 Å². The molecule has 0 spiro atoms. The van der Waals surface area contributed by atoms with Crippen molar-refractivity contribution >= 4 is 39.0 Å². The fraction of sp³-hybridized carbons (Fsp3) is 0.600. The van der Waals surface area contributed by atoms with E-state index in [9.17, 15) is 5.11 Å². The summed E-state index contributed by atoms with van der Waals surface area (Å²) >= 11 is 7.81. The van der Waals surface area contributed by atoms with Gasteiger partial charge in [-0.2, -0.15) is 4.98 Å². The van der Waals surface area contributed by atoms with E-state index in [1.807, 2.05) is 0 Å². The number of halogens is 1. The van der Waals surface area contributed by atoms with Crippen molar-refractivity contribution in [1.82, 2.24) is 9.97 Å². The molecule has 1 N–H and O–H groups in total. The maximum atomic E-state index is 10.1. The number of anilines is 1. The number of nitrogens with zero attached hydrogens (tertiary/aromatic N) is 3. The first-order valence-corrected chi connectivity index (χ1v) is 8.74. The second-order valence-corrected chi connectivity index (χ2v) is 7.53. The lowest BCUT2D eigenvalue weighted by Crippen LogP contribution is -2.25.